The quantitative estimate of drug-likeness (QED) is 0.422. The van der Waals surface area contributed by atoms with Crippen molar-refractivity contribution in [1.82, 2.24) is 10.4 Å². The van der Waals surface area contributed by atoms with E-state index in [0.29, 0.717) is 30.5 Å². The third-order valence-corrected chi connectivity index (χ3v) is 6.03. The molecule has 0 aromatic heterocycles. The smallest absolute Gasteiger partial charge is 0.273 e. The van der Waals surface area contributed by atoms with Gasteiger partial charge in [0.05, 0.1) is 24.8 Å². The van der Waals surface area contributed by atoms with E-state index in [0.717, 1.165) is 9.91 Å². The minimum Gasteiger partial charge on any atom is -0.496 e. The second-order valence-corrected chi connectivity index (χ2v) is 8.30. The first kappa shape index (κ1) is 23.9. The van der Waals surface area contributed by atoms with Gasteiger partial charge in [-0.15, -0.1) is 0 Å². The van der Waals surface area contributed by atoms with Crippen molar-refractivity contribution in [2.45, 2.75) is 12.5 Å². The van der Waals surface area contributed by atoms with E-state index in [4.69, 9.17) is 14.2 Å². The first-order valence-corrected chi connectivity index (χ1v) is 11.6. The lowest BCUT2D eigenvalue weighted by molar-refractivity contribution is -0.122. The molecule has 4 amide bonds. The molecule has 10 nitrogen and oxygen atoms in total. The maximum absolute atomic E-state index is 13.6. The highest BCUT2D eigenvalue weighted by Crippen LogP contribution is 2.36. The van der Waals surface area contributed by atoms with E-state index in [2.05, 4.69) is 5.43 Å². The molecule has 0 saturated carbocycles. The molecular weight excluding hydrogens is 478 g/mol. The van der Waals surface area contributed by atoms with Crippen molar-refractivity contribution in [2.75, 3.05) is 25.2 Å². The molecule has 188 valence electrons. The number of anilines is 1. The van der Waals surface area contributed by atoms with Gasteiger partial charge in [0, 0.05) is 11.6 Å². The van der Waals surface area contributed by atoms with E-state index in [9.17, 15) is 19.2 Å². The standard InChI is InChI=1S/C27H23N3O7/c1-35-21-10-6-5-9-19(21)25(32)28-30(26(33)17-7-3-2-4-8-17)20-16-24(31)29(27(20)34)18-11-12-22-23(15-18)37-14-13-36-22/h2-12,15,20H,13-14,16H2,1H3,(H,28,32). The van der Waals surface area contributed by atoms with Crippen LogP contribution in [0.2, 0.25) is 0 Å². The van der Waals surface area contributed by atoms with E-state index < -0.39 is 29.7 Å². The van der Waals surface area contributed by atoms with Crippen LogP contribution in [-0.2, 0) is 9.59 Å². The number of rotatable bonds is 5. The zero-order valence-electron chi connectivity index (χ0n) is 19.9. The number of hydrogen-bond acceptors (Lipinski definition) is 7. The number of ether oxygens (including phenoxy) is 3. The highest BCUT2D eigenvalue weighted by atomic mass is 16.6. The van der Waals surface area contributed by atoms with Crippen molar-refractivity contribution in [3.05, 3.63) is 83.9 Å². The van der Waals surface area contributed by atoms with Crippen molar-refractivity contribution in [2.24, 2.45) is 0 Å². The maximum atomic E-state index is 13.6. The Morgan fingerprint density at radius 1 is 0.946 bits per heavy atom. The summed E-state index contributed by atoms with van der Waals surface area (Å²) in [5, 5.41) is 0.919. The molecule has 1 fully saturated rings. The Morgan fingerprint density at radius 2 is 1.65 bits per heavy atom. The molecule has 2 heterocycles. The molecule has 10 heteroatoms. The predicted octanol–water partition coefficient (Wildman–Crippen LogP) is 2.59. The molecule has 0 radical (unpaired) electrons. The fourth-order valence-corrected chi connectivity index (χ4v) is 4.25. The number of imide groups is 1. The molecule has 0 spiro atoms. The van der Waals surface area contributed by atoms with Gasteiger partial charge in [0.15, 0.2) is 11.5 Å². The predicted molar refractivity (Wildman–Crippen MR) is 131 cm³/mol. The molecule has 2 aliphatic heterocycles. The number of fused-ring (bicyclic) bond motifs is 1. The van der Waals surface area contributed by atoms with Crippen LogP contribution in [0, 0.1) is 0 Å². The average Bonchev–Trinajstić information content (AvgIpc) is 3.24. The largest absolute Gasteiger partial charge is 0.496 e. The molecule has 0 bridgehead atoms. The Labute approximate surface area is 212 Å². The third-order valence-electron chi connectivity index (χ3n) is 6.03. The van der Waals surface area contributed by atoms with Gasteiger partial charge in [-0.3, -0.25) is 24.6 Å². The lowest BCUT2D eigenvalue weighted by atomic mass is 10.1. The summed E-state index contributed by atoms with van der Waals surface area (Å²) in [6.07, 6.45) is -0.321. The number of para-hydroxylation sites is 1. The zero-order chi connectivity index (χ0) is 25.9. The first-order valence-electron chi connectivity index (χ1n) is 11.6. The summed E-state index contributed by atoms with van der Waals surface area (Å²) in [7, 11) is 1.42. The van der Waals surface area contributed by atoms with Gasteiger partial charge >= 0.3 is 0 Å². The SMILES string of the molecule is COc1ccccc1C(=O)NN(C(=O)c1ccccc1)C1CC(=O)N(c2ccc3c(c2)OCCO3)C1=O. The second-order valence-electron chi connectivity index (χ2n) is 8.30. The third kappa shape index (κ3) is 4.56. The molecule has 1 saturated heterocycles. The minimum absolute atomic E-state index is 0.163. The summed E-state index contributed by atoms with van der Waals surface area (Å²) in [6.45, 7) is 0.744. The van der Waals surface area contributed by atoms with E-state index >= 15 is 0 Å². The molecule has 5 rings (SSSR count). The van der Waals surface area contributed by atoms with Crippen molar-refractivity contribution < 1.29 is 33.4 Å². The van der Waals surface area contributed by atoms with Crippen molar-refractivity contribution in [3.63, 3.8) is 0 Å². The Kier molecular flexibility index (Phi) is 6.46. The summed E-state index contributed by atoms with van der Waals surface area (Å²) in [5.41, 5.74) is 3.22. The average molecular weight is 501 g/mol. The molecule has 3 aromatic rings. The van der Waals surface area contributed by atoms with Crippen LogP contribution >= 0.6 is 0 Å². The Hall–Kier alpha value is -4.86. The number of nitrogens with zero attached hydrogens (tertiary/aromatic N) is 2. The van der Waals surface area contributed by atoms with Crippen molar-refractivity contribution in [3.8, 4) is 17.2 Å². The molecule has 0 aliphatic carbocycles. The fraction of sp³-hybridized carbons (Fsp3) is 0.185. The van der Waals surface area contributed by atoms with Gasteiger partial charge in [-0.25, -0.2) is 9.91 Å². The monoisotopic (exact) mass is 501 g/mol. The molecule has 2 aliphatic rings. The summed E-state index contributed by atoms with van der Waals surface area (Å²) in [6, 6.07) is 18.1. The van der Waals surface area contributed by atoms with Crippen LogP contribution < -0.4 is 24.5 Å². The Bertz CT molecular complexity index is 1380. The number of hydrogen-bond donors (Lipinski definition) is 1. The van der Waals surface area contributed by atoms with Gasteiger partial charge in [0.2, 0.25) is 5.91 Å². The van der Waals surface area contributed by atoms with Crippen molar-refractivity contribution >= 4 is 29.3 Å². The first-order chi connectivity index (χ1) is 18.0. The van der Waals surface area contributed by atoms with Crippen LogP contribution in [0.3, 0.4) is 0 Å². The summed E-state index contributed by atoms with van der Waals surface area (Å²) >= 11 is 0. The Morgan fingerprint density at radius 3 is 2.41 bits per heavy atom. The number of carbonyl (C=O) groups is 4. The van der Waals surface area contributed by atoms with Gasteiger partial charge in [0.25, 0.3) is 17.7 Å². The molecule has 1 atom stereocenters. The zero-order valence-corrected chi connectivity index (χ0v) is 19.9. The van der Waals surface area contributed by atoms with Gasteiger partial charge in [0.1, 0.15) is 25.0 Å². The van der Waals surface area contributed by atoms with E-state index in [1.165, 1.54) is 13.2 Å². The van der Waals surface area contributed by atoms with Crippen LogP contribution in [0.4, 0.5) is 5.69 Å². The van der Waals surface area contributed by atoms with Gasteiger partial charge in [-0.2, -0.15) is 0 Å². The molecule has 1 unspecified atom stereocenters. The molecule has 37 heavy (non-hydrogen) atoms. The van der Waals surface area contributed by atoms with E-state index in [-0.39, 0.29) is 23.2 Å². The van der Waals surface area contributed by atoms with E-state index in [1.807, 2.05) is 0 Å². The molecule has 3 aromatic carbocycles. The number of methoxy groups -OCH3 is 1. The summed E-state index contributed by atoms with van der Waals surface area (Å²) in [4.78, 5) is 54.3. The van der Waals surface area contributed by atoms with Crippen LogP contribution in [0.15, 0.2) is 72.8 Å². The number of benzene rings is 3. The van der Waals surface area contributed by atoms with Crippen LogP contribution in [0.1, 0.15) is 27.1 Å². The number of amides is 4. The van der Waals surface area contributed by atoms with Gasteiger partial charge < -0.3 is 14.2 Å². The second kappa shape index (κ2) is 10.0. The fourth-order valence-electron chi connectivity index (χ4n) is 4.25. The van der Waals surface area contributed by atoms with Gasteiger partial charge in [-0.05, 0) is 36.4 Å². The highest BCUT2D eigenvalue weighted by Gasteiger charge is 2.46. The Balaban J connectivity index is 1.47. The molecule has 1 N–H and O–H groups in total. The van der Waals surface area contributed by atoms with Crippen LogP contribution in [0.5, 0.6) is 17.2 Å². The maximum Gasteiger partial charge on any atom is 0.273 e. The highest BCUT2D eigenvalue weighted by molar-refractivity contribution is 6.23. The van der Waals surface area contributed by atoms with Crippen molar-refractivity contribution in [1.29, 1.82) is 0 Å². The lowest BCUT2D eigenvalue weighted by Crippen LogP contribution is -2.54. The minimum atomic E-state index is -1.27. The summed E-state index contributed by atoms with van der Waals surface area (Å²) < 4.78 is 16.4. The van der Waals surface area contributed by atoms with Gasteiger partial charge in [-0.1, -0.05) is 30.3 Å². The number of carbonyl (C=O) groups excluding carboxylic acids is 4. The lowest BCUT2D eigenvalue weighted by Gasteiger charge is -2.28. The normalized spacial score (nSPS) is 16.4. The van der Waals surface area contributed by atoms with Crippen LogP contribution in [0.25, 0.3) is 0 Å². The van der Waals surface area contributed by atoms with Crippen LogP contribution in [-0.4, -0.2) is 55.0 Å². The summed E-state index contributed by atoms with van der Waals surface area (Å²) in [5.74, 6) is -1.28. The number of hydrazine groups is 1. The topological polar surface area (TPSA) is 114 Å². The number of nitrogens with one attached hydrogen (secondary N) is 1. The molecular formula is C27H23N3O7. The van der Waals surface area contributed by atoms with E-state index in [1.54, 1.807) is 66.7 Å².